The zero-order valence-electron chi connectivity index (χ0n) is 11.9. The number of benzene rings is 2. The SMILES string of the molecule is O=S(=O)([O-])c1cc(SOO[O-])cc2c1ccc1[n-][nH]c12.[Fe].[K+].[K+]. The second kappa shape index (κ2) is 10.5. The van der Waals surface area contributed by atoms with Crippen molar-refractivity contribution in [3.05, 3.63) is 24.3 Å². The van der Waals surface area contributed by atoms with Crippen molar-refractivity contribution in [2.45, 2.75) is 9.79 Å². The molecular formula is C10H5FeK2N2O6S2-. The number of fused-ring (bicyclic) bond motifs is 3. The van der Waals surface area contributed by atoms with Crippen LogP contribution in [0.1, 0.15) is 0 Å². The number of nitrogens with zero attached hydrogens (tertiary/aromatic N) is 1. The van der Waals surface area contributed by atoms with Crippen molar-refractivity contribution in [2.24, 2.45) is 0 Å². The molecule has 114 valence electrons. The first-order chi connectivity index (χ1) is 9.50. The van der Waals surface area contributed by atoms with Crippen LogP contribution in [0.25, 0.3) is 21.8 Å². The van der Waals surface area contributed by atoms with Crippen LogP contribution in [-0.4, -0.2) is 18.1 Å². The molecule has 0 saturated heterocycles. The smallest absolute Gasteiger partial charge is 0.744 e. The summed E-state index contributed by atoms with van der Waals surface area (Å²) in [5.74, 6) is 0. The maximum absolute atomic E-state index is 11.3. The number of nitrogens with one attached hydrogen (secondary N) is 1. The van der Waals surface area contributed by atoms with Gasteiger partial charge in [0.15, 0.2) is 0 Å². The van der Waals surface area contributed by atoms with E-state index in [0.29, 0.717) is 28.5 Å². The van der Waals surface area contributed by atoms with Gasteiger partial charge in [-0.05, 0) is 12.1 Å². The minimum absolute atomic E-state index is 0. The Kier molecular flexibility index (Phi) is 11.6. The summed E-state index contributed by atoms with van der Waals surface area (Å²) in [6.45, 7) is 0. The van der Waals surface area contributed by atoms with Crippen molar-refractivity contribution in [1.82, 2.24) is 10.2 Å². The number of aromatic nitrogens is 2. The fourth-order valence-corrected chi connectivity index (χ4v) is 3.18. The van der Waals surface area contributed by atoms with Gasteiger partial charge in [-0.1, -0.05) is 12.1 Å². The van der Waals surface area contributed by atoms with Crippen LogP contribution >= 0.6 is 12.0 Å². The maximum atomic E-state index is 11.3. The molecule has 8 nitrogen and oxygen atoms in total. The van der Waals surface area contributed by atoms with Crippen LogP contribution in [0.3, 0.4) is 0 Å². The van der Waals surface area contributed by atoms with Gasteiger partial charge in [0.2, 0.25) is 0 Å². The van der Waals surface area contributed by atoms with Gasteiger partial charge in [0.25, 0.3) is 0 Å². The van der Waals surface area contributed by atoms with Crippen LogP contribution in [0, 0.1) is 0 Å². The summed E-state index contributed by atoms with van der Waals surface area (Å²) in [5, 5.41) is 20.4. The van der Waals surface area contributed by atoms with Crippen LogP contribution in [0.5, 0.6) is 0 Å². The molecule has 0 spiro atoms. The molecule has 0 saturated carbocycles. The van der Waals surface area contributed by atoms with Gasteiger partial charge in [0, 0.05) is 38.3 Å². The van der Waals surface area contributed by atoms with Crippen molar-refractivity contribution in [1.29, 1.82) is 0 Å². The Morgan fingerprint density at radius 3 is 2.39 bits per heavy atom. The molecule has 0 aliphatic rings. The van der Waals surface area contributed by atoms with E-state index < -0.39 is 15.0 Å². The van der Waals surface area contributed by atoms with Crippen molar-refractivity contribution in [3.63, 3.8) is 0 Å². The first kappa shape index (κ1) is 25.2. The van der Waals surface area contributed by atoms with Crippen molar-refractivity contribution < 1.29 is 147 Å². The number of H-pyrrole nitrogens is 1. The van der Waals surface area contributed by atoms with Gasteiger partial charge < -0.3 is 20.0 Å². The van der Waals surface area contributed by atoms with Crippen LogP contribution in [0.2, 0.25) is 0 Å². The first-order valence-electron chi connectivity index (χ1n) is 5.17. The summed E-state index contributed by atoms with van der Waals surface area (Å²) in [6, 6.07) is 5.79. The summed E-state index contributed by atoms with van der Waals surface area (Å²) >= 11 is 0.508. The molecule has 1 aromatic heterocycles. The Hall–Kier alpha value is 2.23. The number of rotatable bonds is 4. The molecule has 0 aliphatic heterocycles. The topological polar surface area (TPSA) is 129 Å². The van der Waals surface area contributed by atoms with Crippen molar-refractivity contribution in [3.8, 4) is 0 Å². The van der Waals surface area contributed by atoms with Crippen LogP contribution in [-0.2, 0) is 36.6 Å². The van der Waals surface area contributed by atoms with Gasteiger partial charge in [-0.25, -0.2) is 8.42 Å². The van der Waals surface area contributed by atoms with Crippen LogP contribution < -0.4 is 113 Å². The zero-order chi connectivity index (χ0) is 14.3. The fraction of sp³-hybridized carbons (Fsp3) is 0. The van der Waals surface area contributed by atoms with Crippen molar-refractivity contribution >= 4 is 44.0 Å². The Morgan fingerprint density at radius 1 is 1.17 bits per heavy atom. The minimum Gasteiger partial charge on any atom is -0.744 e. The van der Waals surface area contributed by atoms with Crippen LogP contribution in [0.4, 0.5) is 0 Å². The van der Waals surface area contributed by atoms with Crippen molar-refractivity contribution in [2.75, 3.05) is 0 Å². The molecule has 0 unspecified atom stereocenters. The number of hydrogen-bond donors (Lipinski definition) is 1. The van der Waals surface area contributed by atoms with Gasteiger partial charge in [-0.3, -0.25) is 5.04 Å². The molecule has 0 atom stereocenters. The molecule has 3 rings (SSSR count). The molecule has 1 N–H and O–H groups in total. The molecule has 3 aromatic rings. The molecule has 0 radical (unpaired) electrons. The summed E-state index contributed by atoms with van der Waals surface area (Å²) < 4.78 is 38.2. The molecule has 1 heterocycles. The quantitative estimate of drug-likeness (QED) is 0.138. The van der Waals surface area contributed by atoms with E-state index in [4.69, 9.17) is 0 Å². The third-order valence-electron chi connectivity index (χ3n) is 2.76. The van der Waals surface area contributed by atoms with E-state index in [2.05, 4.69) is 19.6 Å². The number of aromatic amines is 1. The molecule has 0 amide bonds. The van der Waals surface area contributed by atoms with Gasteiger partial charge in [-0.2, -0.15) is 4.33 Å². The molecular weight excluding hydrogens is 442 g/mol. The van der Waals surface area contributed by atoms with E-state index in [1.54, 1.807) is 12.1 Å². The fourth-order valence-electron chi connectivity index (χ4n) is 1.95. The van der Waals surface area contributed by atoms with E-state index in [9.17, 15) is 18.2 Å². The third-order valence-corrected chi connectivity index (χ3v) is 4.19. The van der Waals surface area contributed by atoms with Gasteiger partial charge >= 0.3 is 103 Å². The van der Waals surface area contributed by atoms with Crippen LogP contribution in [0.15, 0.2) is 34.1 Å². The molecule has 0 aliphatic carbocycles. The summed E-state index contributed by atoms with van der Waals surface area (Å²) in [6.07, 6.45) is 0. The molecule has 2 aromatic carbocycles. The minimum atomic E-state index is -4.68. The zero-order valence-corrected chi connectivity index (χ0v) is 20.9. The molecule has 23 heavy (non-hydrogen) atoms. The van der Waals surface area contributed by atoms with Gasteiger partial charge in [0.1, 0.15) is 10.1 Å². The third kappa shape index (κ3) is 5.60. The second-order valence-electron chi connectivity index (χ2n) is 3.87. The van der Waals surface area contributed by atoms with E-state index >= 15 is 0 Å². The first-order valence-corrected chi connectivity index (χ1v) is 7.32. The summed E-state index contributed by atoms with van der Waals surface area (Å²) in [7, 11) is -4.68. The Bertz CT molecular complexity index is 897. The normalized spacial score (nSPS) is 10.9. The molecule has 0 fully saturated rings. The Labute approximate surface area is 230 Å². The van der Waals surface area contributed by atoms with Gasteiger partial charge in [0.05, 0.1) is 16.9 Å². The van der Waals surface area contributed by atoms with Gasteiger partial charge in [-0.15, -0.1) is 5.52 Å². The molecule has 13 heteroatoms. The molecule has 0 bridgehead atoms. The largest absolute Gasteiger partial charge is 1.00 e. The van der Waals surface area contributed by atoms with E-state index in [-0.39, 0.29) is 130 Å². The van der Waals surface area contributed by atoms with E-state index in [1.807, 2.05) is 0 Å². The predicted molar refractivity (Wildman–Crippen MR) is 65.1 cm³/mol. The summed E-state index contributed by atoms with van der Waals surface area (Å²) in [4.78, 5) is -0.159. The van der Waals surface area contributed by atoms with E-state index in [1.165, 1.54) is 6.07 Å². The Balaban J connectivity index is 0.00000161. The van der Waals surface area contributed by atoms with E-state index in [0.717, 1.165) is 6.07 Å². The average molecular weight is 447 g/mol. The standard InChI is InChI=1S/C10H7N2O6S2.Fe.2K/c13-17-18-19-5-3-7-6(9(4-5)20(14,15)16)1-2-8-10(7)12-11-8;;;/h1-4,12-13H,(H,14,15,16);;;/q-1;;2*+1/p-2. The second-order valence-corrected chi connectivity index (χ2v) is 6.00. The Morgan fingerprint density at radius 2 is 1.87 bits per heavy atom. The summed E-state index contributed by atoms with van der Waals surface area (Å²) in [5.41, 5.74) is 1.26. The average Bonchev–Trinajstić information content (AvgIpc) is 2.34. The maximum Gasteiger partial charge on any atom is 1.00 e. The monoisotopic (exact) mass is 447 g/mol. The predicted octanol–water partition coefficient (Wildman–Crippen LogP) is -5.58. The number of hydrogen-bond acceptors (Lipinski definition) is 7.